The van der Waals surface area contributed by atoms with Crippen molar-refractivity contribution in [3.63, 3.8) is 0 Å². The highest BCUT2D eigenvalue weighted by atomic mass is 35.5. The molecule has 0 saturated carbocycles. The van der Waals surface area contributed by atoms with E-state index in [-0.39, 0.29) is 17.8 Å². The maximum absolute atomic E-state index is 12.6. The van der Waals surface area contributed by atoms with E-state index in [2.05, 4.69) is 22.1 Å². The molecule has 1 aliphatic heterocycles. The second kappa shape index (κ2) is 8.97. The lowest BCUT2D eigenvalue weighted by Gasteiger charge is -2.31. The highest BCUT2D eigenvalue weighted by molar-refractivity contribution is 8.00. The monoisotopic (exact) mass is 408 g/mol. The van der Waals surface area contributed by atoms with E-state index in [9.17, 15) is 4.79 Å². The average molecular weight is 409 g/mol. The van der Waals surface area contributed by atoms with Gasteiger partial charge in [0.15, 0.2) is 5.82 Å². The van der Waals surface area contributed by atoms with Gasteiger partial charge in [-0.2, -0.15) is 0 Å². The van der Waals surface area contributed by atoms with Crippen LogP contribution in [0.3, 0.4) is 0 Å². The van der Waals surface area contributed by atoms with Crippen LogP contribution in [0, 0.1) is 12.8 Å². The van der Waals surface area contributed by atoms with Crippen molar-refractivity contribution in [3.05, 3.63) is 34.6 Å². The quantitative estimate of drug-likeness (QED) is 0.729. The van der Waals surface area contributed by atoms with Gasteiger partial charge in [0.1, 0.15) is 12.4 Å². The Hall–Kier alpha value is -1.73. The SMILES string of the molecule is Cc1cc(OCc2nc(S[C@@H](C)C(=O)N3CCC(C)CC3)n[nH]2)ccc1Cl. The zero-order chi connectivity index (χ0) is 19.4. The first-order valence-corrected chi connectivity index (χ1v) is 10.4. The molecule has 1 aromatic carbocycles. The largest absolute Gasteiger partial charge is 0.486 e. The van der Waals surface area contributed by atoms with E-state index in [1.165, 1.54) is 11.8 Å². The summed E-state index contributed by atoms with van der Waals surface area (Å²) < 4.78 is 5.72. The number of piperidine rings is 1. The summed E-state index contributed by atoms with van der Waals surface area (Å²) in [7, 11) is 0. The number of ether oxygens (including phenoxy) is 1. The minimum atomic E-state index is -0.207. The van der Waals surface area contributed by atoms with E-state index >= 15 is 0 Å². The molecule has 8 heteroatoms. The smallest absolute Gasteiger partial charge is 0.235 e. The van der Waals surface area contributed by atoms with Crippen LogP contribution in [0.4, 0.5) is 0 Å². The Labute approximate surface area is 169 Å². The molecule has 2 heterocycles. The molecule has 1 amide bonds. The zero-order valence-electron chi connectivity index (χ0n) is 15.9. The summed E-state index contributed by atoms with van der Waals surface area (Å²) in [5, 5.41) is 8.13. The number of nitrogens with one attached hydrogen (secondary N) is 1. The van der Waals surface area contributed by atoms with Gasteiger partial charge in [-0.3, -0.25) is 9.89 Å². The lowest BCUT2D eigenvalue weighted by atomic mass is 9.99. The van der Waals surface area contributed by atoms with Crippen LogP contribution in [0.15, 0.2) is 23.4 Å². The molecule has 1 fully saturated rings. The fraction of sp³-hybridized carbons (Fsp3) is 0.526. The Morgan fingerprint density at radius 1 is 1.44 bits per heavy atom. The number of H-pyrrole nitrogens is 1. The number of aromatic amines is 1. The van der Waals surface area contributed by atoms with Gasteiger partial charge in [0.2, 0.25) is 11.1 Å². The third kappa shape index (κ3) is 5.39. The van der Waals surface area contributed by atoms with Gasteiger partial charge in [-0.25, -0.2) is 4.98 Å². The molecule has 27 heavy (non-hydrogen) atoms. The van der Waals surface area contributed by atoms with E-state index in [1.807, 2.05) is 36.9 Å². The average Bonchev–Trinajstić information content (AvgIpc) is 3.10. The van der Waals surface area contributed by atoms with Crippen molar-refractivity contribution in [2.75, 3.05) is 13.1 Å². The fourth-order valence-electron chi connectivity index (χ4n) is 2.95. The molecule has 1 atom stereocenters. The van der Waals surface area contributed by atoms with Crippen molar-refractivity contribution in [3.8, 4) is 5.75 Å². The Morgan fingerprint density at radius 2 is 2.19 bits per heavy atom. The number of hydrogen-bond acceptors (Lipinski definition) is 5. The van der Waals surface area contributed by atoms with Crippen LogP contribution < -0.4 is 4.74 Å². The molecule has 1 saturated heterocycles. The molecule has 2 aromatic rings. The summed E-state index contributed by atoms with van der Waals surface area (Å²) >= 11 is 7.40. The van der Waals surface area contributed by atoms with Gasteiger partial charge in [-0.1, -0.05) is 30.3 Å². The van der Waals surface area contributed by atoms with Crippen molar-refractivity contribution < 1.29 is 9.53 Å². The summed E-state index contributed by atoms with van der Waals surface area (Å²) in [6.45, 7) is 8.05. The molecule has 0 unspecified atom stereocenters. The number of aryl methyl sites for hydroxylation is 1. The van der Waals surface area contributed by atoms with E-state index in [0.29, 0.717) is 21.9 Å². The van der Waals surface area contributed by atoms with Crippen molar-refractivity contribution in [1.29, 1.82) is 0 Å². The summed E-state index contributed by atoms with van der Waals surface area (Å²) in [5.41, 5.74) is 0.961. The van der Waals surface area contributed by atoms with Gasteiger partial charge in [0, 0.05) is 18.1 Å². The lowest BCUT2D eigenvalue weighted by molar-refractivity contribution is -0.131. The number of thioether (sulfide) groups is 1. The van der Waals surface area contributed by atoms with Crippen molar-refractivity contribution in [1.82, 2.24) is 20.1 Å². The van der Waals surface area contributed by atoms with Gasteiger partial charge >= 0.3 is 0 Å². The Bertz CT molecular complexity index is 790. The number of nitrogens with zero attached hydrogens (tertiary/aromatic N) is 3. The molecule has 0 radical (unpaired) electrons. The predicted octanol–water partition coefficient (Wildman–Crippen LogP) is 4.08. The third-order valence-corrected chi connectivity index (χ3v) is 6.11. The number of likely N-dealkylation sites (tertiary alicyclic amines) is 1. The molecule has 6 nitrogen and oxygen atoms in total. The minimum absolute atomic E-state index is 0.158. The fourth-order valence-corrected chi connectivity index (χ4v) is 3.89. The second-order valence-corrected chi connectivity index (χ2v) is 8.75. The molecule has 1 aliphatic rings. The molecule has 1 aromatic heterocycles. The molecule has 3 rings (SSSR count). The Kier molecular flexibility index (Phi) is 6.65. The number of carbonyl (C=O) groups is 1. The number of aromatic nitrogens is 3. The number of carbonyl (C=O) groups excluding carboxylic acids is 1. The summed E-state index contributed by atoms with van der Waals surface area (Å²) in [6, 6.07) is 5.51. The molecule has 146 valence electrons. The van der Waals surface area contributed by atoms with Crippen LogP contribution in [0.5, 0.6) is 5.75 Å². The van der Waals surface area contributed by atoms with Gasteiger partial charge in [-0.15, -0.1) is 5.10 Å². The van der Waals surface area contributed by atoms with Gasteiger partial charge in [0.25, 0.3) is 0 Å². The molecule has 1 N–H and O–H groups in total. The number of rotatable bonds is 6. The van der Waals surface area contributed by atoms with Crippen LogP contribution in [-0.4, -0.2) is 44.3 Å². The number of hydrogen-bond donors (Lipinski definition) is 1. The van der Waals surface area contributed by atoms with Gasteiger partial charge < -0.3 is 9.64 Å². The number of amides is 1. The van der Waals surface area contributed by atoms with Gasteiger partial charge in [0.05, 0.1) is 5.25 Å². The summed E-state index contributed by atoms with van der Waals surface area (Å²) in [6.07, 6.45) is 2.16. The molecule has 0 spiro atoms. The first-order chi connectivity index (χ1) is 12.9. The molecule has 0 bridgehead atoms. The molecule has 0 aliphatic carbocycles. The molecular formula is C19H25ClN4O2S. The zero-order valence-corrected chi connectivity index (χ0v) is 17.4. The van der Waals surface area contributed by atoms with Crippen molar-refractivity contribution in [2.45, 2.75) is 50.6 Å². The standard InChI is InChI=1S/C19H25ClN4O2S/c1-12-6-8-24(9-7-12)18(25)14(3)27-19-21-17(22-23-19)11-26-15-4-5-16(20)13(2)10-15/h4-5,10,12,14H,6-9,11H2,1-3H3,(H,21,22,23)/t14-/m0/s1. The topological polar surface area (TPSA) is 71.1 Å². The lowest BCUT2D eigenvalue weighted by Crippen LogP contribution is -2.41. The first kappa shape index (κ1) is 20.0. The Morgan fingerprint density at radius 3 is 2.89 bits per heavy atom. The van der Waals surface area contributed by atoms with Crippen molar-refractivity contribution in [2.24, 2.45) is 5.92 Å². The maximum Gasteiger partial charge on any atom is 0.235 e. The van der Waals surface area contributed by atoms with Crippen LogP contribution in [0.25, 0.3) is 0 Å². The Balaban J connectivity index is 1.51. The van der Waals surface area contributed by atoms with Crippen LogP contribution in [-0.2, 0) is 11.4 Å². The van der Waals surface area contributed by atoms with Gasteiger partial charge in [-0.05, 0) is 56.4 Å². The van der Waals surface area contributed by atoms with E-state index in [4.69, 9.17) is 16.3 Å². The maximum atomic E-state index is 12.6. The first-order valence-electron chi connectivity index (χ1n) is 9.18. The highest BCUT2D eigenvalue weighted by Gasteiger charge is 2.26. The van der Waals surface area contributed by atoms with Crippen LogP contribution in [0.2, 0.25) is 5.02 Å². The van der Waals surface area contributed by atoms with Crippen LogP contribution >= 0.6 is 23.4 Å². The minimum Gasteiger partial charge on any atom is -0.486 e. The summed E-state index contributed by atoms with van der Waals surface area (Å²) in [5.74, 6) is 2.21. The summed E-state index contributed by atoms with van der Waals surface area (Å²) in [4.78, 5) is 19.0. The van der Waals surface area contributed by atoms with Crippen LogP contribution in [0.1, 0.15) is 38.1 Å². The molecular weight excluding hydrogens is 384 g/mol. The van der Waals surface area contributed by atoms with E-state index < -0.39 is 0 Å². The predicted molar refractivity (Wildman–Crippen MR) is 107 cm³/mol. The number of halogens is 1. The van der Waals surface area contributed by atoms with E-state index in [1.54, 1.807) is 0 Å². The third-order valence-electron chi connectivity index (χ3n) is 4.74. The number of benzene rings is 1. The normalized spacial score (nSPS) is 16.4. The highest BCUT2D eigenvalue weighted by Crippen LogP contribution is 2.25. The van der Waals surface area contributed by atoms with E-state index in [0.717, 1.165) is 37.2 Å². The van der Waals surface area contributed by atoms with Crippen molar-refractivity contribution >= 4 is 29.3 Å². The second-order valence-electron chi connectivity index (χ2n) is 7.03.